The number of ether oxygens (including phenoxy) is 1. The van der Waals surface area contributed by atoms with E-state index in [2.05, 4.69) is 5.32 Å². The third-order valence-electron chi connectivity index (χ3n) is 3.23. The quantitative estimate of drug-likeness (QED) is 0.922. The lowest BCUT2D eigenvalue weighted by Gasteiger charge is -2.22. The number of nitrogens with one attached hydrogen (secondary N) is 1. The van der Waals surface area contributed by atoms with Crippen LogP contribution in [0.2, 0.25) is 5.02 Å². The van der Waals surface area contributed by atoms with Crippen molar-refractivity contribution in [2.24, 2.45) is 0 Å². The van der Waals surface area contributed by atoms with Crippen LogP contribution in [0.15, 0.2) is 18.2 Å². The number of halogens is 2. The van der Waals surface area contributed by atoms with Crippen molar-refractivity contribution in [3.05, 3.63) is 29.0 Å². The number of hydrogen-bond acceptors (Lipinski definition) is 2. The van der Waals surface area contributed by atoms with Crippen molar-refractivity contribution in [2.75, 3.05) is 6.61 Å². The molecule has 0 saturated heterocycles. The zero-order chi connectivity index (χ0) is 13.7. The Bertz CT molecular complexity index is 447. The highest BCUT2D eigenvalue weighted by Crippen LogP contribution is 2.20. The highest BCUT2D eigenvalue weighted by Gasteiger charge is 2.15. The topological polar surface area (TPSA) is 38.3 Å². The van der Waals surface area contributed by atoms with E-state index < -0.39 is 5.82 Å². The van der Waals surface area contributed by atoms with Gasteiger partial charge in [-0.1, -0.05) is 30.9 Å². The molecule has 0 aromatic heterocycles. The molecule has 1 saturated carbocycles. The minimum absolute atomic E-state index is 0.0407. The van der Waals surface area contributed by atoms with Crippen molar-refractivity contribution in [1.82, 2.24) is 5.32 Å². The van der Waals surface area contributed by atoms with E-state index >= 15 is 0 Å². The summed E-state index contributed by atoms with van der Waals surface area (Å²) in [6, 6.07) is 4.38. The second-order valence-electron chi connectivity index (χ2n) is 4.77. The van der Waals surface area contributed by atoms with Crippen molar-refractivity contribution < 1.29 is 13.9 Å². The maximum Gasteiger partial charge on any atom is 0.258 e. The molecule has 1 amide bonds. The van der Waals surface area contributed by atoms with Crippen molar-refractivity contribution in [2.45, 2.75) is 38.1 Å². The maximum atomic E-state index is 13.2. The van der Waals surface area contributed by atoms with Gasteiger partial charge in [0.05, 0.1) is 5.02 Å². The fourth-order valence-electron chi connectivity index (χ4n) is 2.23. The molecule has 1 aliphatic rings. The molecule has 0 atom stereocenters. The number of benzene rings is 1. The lowest BCUT2D eigenvalue weighted by molar-refractivity contribution is -0.124. The van der Waals surface area contributed by atoms with E-state index in [-0.39, 0.29) is 23.6 Å². The van der Waals surface area contributed by atoms with Gasteiger partial charge in [-0.25, -0.2) is 4.39 Å². The van der Waals surface area contributed by atoms with Gasteiger partial charge in [-0.15, -0.1) is 0 Å². The third-order valence-corrected chi connectivity index (χ3v) is 3.54. The first-order valence-corrected chi connectivity index (χ1v) is 6.90. The first-order chi connectivity index (χ1) is 9.15. The van der Waals surface area contributed by atoms with Crippen LogP contribution in [-0.2, 0) is 4.79 Å². The van der Waals surface area contributed by atoms with Crippen LogP contribution in [0, 0.1) is 5.82 Å². The van der Waals surface area contributed by atoms with E-state index in [1.807, 2.05) is 0 Å². The summed E-state index contributed by atoms with van der Waals surface area (Å²) >= 11 is 5.56. The molecule has 19 heavy (non-hydrogen) atoms. The summed E-state index contributed by atoms with van der Waals surface area (Å²) in [5.41, 5.74) is 0. The second-order valence-corrected chi connectivity index (χ2v) is 5.17. The summed E-state index contributed by atoms with van der Waals surface area (Å²) in [6.07, 6.45) is 5.62. The monoisotopic (exact) mass is 285 g/mol. The molecule has 0 spiro atoms. The van der Waals surface area contributed by atoms with Gasteiger partial charge in [0.25, 0.3) is 5.91 Å². The average Bonchev–Trinajstić information content (AvgIpc) is 2.41. The minimum atomic E-state index is -0.549. The highest BCUT2D eigenvalue weighted by atomic mass is 35.5. The molecule has 1 aromatic rings. The van der Waals surface area contributed by atoms with Gasteiger partial charge in [-0.2, -0.15) is 0 Å². The van der Waals surface area contributed by atoms with E-state index in [4.69, 9.17) is 16.3 Å². The summed E-state index contributed by atoms with van der Waals surface area (Å²) in [6.45, 7) is -0.0996. The molecular formula is C14H17ClFNO2. The van der Waals surface area contributed by atoms with Crippen molar-refractivity contribution in [3.63, 3.8) is 0 Å². The highest BCUT2D eigenvalue weighted by molar-refractivity contribution is 6.30. The first kappa shape index (κ1) is 14.1. The second kappa shape index (κ2) is 6.75. The van der Waals surface area contributed by atoms with Gasteiger partial charge >= 0.3 is 0 Å². The standard InChI is InChI=1S/C14H17ClFNO2/c15-12-7-6-11(8-13(12)16)19-9-14(18)17-10-4-2-1-3-5-10/h6-8,10H,1-5,9H2,(H,17,18). The Labute approximate surface area is 117 Å². The Kier molecular flexibility index (Phi) is 5.02. The van der Waals surface area contributed by atoms with Gasteiger partial charge in [-0.3, -0.25) is 4.79 Å². The van der Waals surface area contributed by atoms with Crippen LogP contribution in [0.3, 0.4) is 0 Å². The van der Waals surface area contributed by atoms with Crippen molar-refractivity contribution in [3.8, 4) is 5.75 Å². The van der Waals surface area contributed by atoms with Gasteiger partial charge in [-0.05, 0) is 25.0 Å². The molecule has 1 aliphatic carbocycles. The summed E-state index contributed by atoms with van der Waals surface area (Å²) in [5, 5.41) is 2.97. The molecule has 0 bridgehead atoms. The fourth-order valence-corrected chi connectivity index (χ4v) is 2.35. The Morgan fingerprint density at radius 1 is 1.37 bits per heavy atom. The normalized spacial score (nSPS) is 16.1. The van der Waals surface area contributed by atoms with E-state index in [9.17, 15) is 9.18 Å². The van der Waals surface area contributed by atoms with Gasteiger partial charge in [0.2, 0.25) is 0 Å². The Balaban J connectivity index is 1.77. The number of carbonyl (C=O) groups excluding carboxylic acids is 1. The summed E-state index contributed by atoms with van der Waals surface area (Å²) in [7, 11) is 0. The third kappa shape index (κ3) is 4.39. The molecule has 0 unspecified atom stereocenters. The Morgan fingerprint density at radius 3 is 2.79 bits per heavy atom. The number of rotatable bonds is 4. The van der Waals surface area contributed by atoms with Crippen LogP contribution < -0.4 is 10.1 Å². The largest absolute Gasteiger partial charge is 0.484 e. The van der Waals surface area contributed by atoms with Gasteiger partial charge in [0.1, 0.15) is 11.6 Å². The van der Waals surface area contributed by atoms with Crippen molar-refractivity contribution in [1.29, 1.82) is 0 Å². The van der Waals surface area contributed by atoms with Crippen LogP contribution in [-0.4, -0.2) is 18.6 Å². The number of hydrogen-bond donors (Lipinski definition) is 1. The van der Waals surface area contributed by atoms with Crippen LogP contribution in [0.25, 0.3) is 0 Å². The zero-order valence-corrected chi connectivity index (χ0v) is 11.4. The lowest BCUT2D eigenvalue weighted by Crippen LogP contribution is -2.38. The summed E-state index contributed by atoms with van der Waals surface area (Å²) in [4.78, 5) is 11.7. The minimum Gasteiger partial charge on any atom is -0.484 e. The van der Waals surface area contributed by atoms with E-state index in [1.165, 1.54) is 18.6 Å². The van der Waals surface area contributed by atoms with Crippen LogP contribution >= 0.6 is 11.6 Å². The first-order valence-electron chi connectivity index (χ1n) is 6.52. The summed E-state index contributed by atoms with van der Waals surface area (Å²) in [5.74, 6) is -0.408. The SMILES string of the molecule is O=C(COc1ccc(Cl)c(F)c1)NC1CCCCC1. The van der Waals surface area contributed by atoms with Gasteiger partial charge in [0.15, 0.2) is 6.61 Å². The van der Waals surface area contributed by atoms with Crippen LogP contribution in [0.1, 0.15) is 32.1 Å². The molecular weight excluding hydrogens is 269 g/mol. The number of amides is 1. The lowest BCUT2D eigenvalue weighted by atomic mass is 9.95. The average molecular weight is 286 g/mol. The van der Waals surface area contributed by atoms with Gasteiger partial charge in [0, 0.05) is 12.1 Å². The fraction of sp³-hybridized carbons (Fsp3) is 0.500. The van der Waals surface area contributed by atoms with Crippen LogP contribution in [0.5, 0.6) is 5.75 Å². The molecule has 1 fully saturated rings. The van der Waals surface area contributed by atoms with Crippen LogP contribution in [0.4, 0.5) is 4.39 Å². The Hall–Kier alpha value is -1.29. The van der Waals surface area contributed by atoms with E-state index in [0.29, 0.717) is 5.75 Å². The number of carbonyl (C=O) groups is 1. The molecule has 5 heteroatoms. The Morgan fingerprint density at radius 2 is 2.11 bits per heavy atom. The van der Waals surface area contributed by atoms with Crippen molar-refractivity contribution >= 4 is 17.5 Å². The molecule has 0 aliphatic heterocycles. The van der Waals surface area contributed by atoms with E-state index in [0.717, 1.165) is 25.7 Å². The zero-order valence-electron chi connectivity index (χ0n) is 10.6. The molecule has 1 N–H and O–H groups in total. The summed E-state index contributed by atoms with van der Waals surface area (Å²) < 4.78 is 18.4. The molecule has 3 nitrogen and oxygen atoms in total. The van der Waals surface area contributed by atoms with E-state index in [1.54, 1.807) is 6.07 Å². The molecule has 2 rings (SSSR count). The molecule has 0 radical (unpaired) electrons. The molecule has 104 valence electrons. The predicted molar refractivity (Wildman–Crippen MR) is 71.9 cm³/mol. The molecule has 1 aromatic carbocycles. The smallest absolute Gasteiger partial charge is 0.258 e. The van der Waals surface area contributed by atoms with Gasteiger partial charge < -0.3 is 10.1 Å². The molecule has 0 heterocycles. The maximum absolute atomic E-state index is 13.2. The predicted octanol–water partition coefficient (Wildman–Crippen LogP) is 3.31.